The number of imidazole rings is 1. The maximum absolute atomic E-state index is 3.98. The van der Waals surface area contributed by atoms with E-state index in [1.165, 1.54) is 0 Å². The van der Waals surface area contributed by atoms with E-state index in [1.54, 1.807) is 6.20 Å². The van der Waals surface area contributed by atoms with E-state index in [-0.39, 0.29) is 0 Å². The summed E-state index contributed by atoms with van der Waals surface area (Å²) in [5.41, 5.74) is 0. The summed E-state index contributed by atoms with van der Waals surface area (Å²) in [5.74, 6) is 0. The number of hydrogen-bond acceptors (Lipinski definition) is 1. The van der Waals surface area contributed by atoms with E-state index in [4.69, 9.17) is 0 Å². The van der Waals surface area contributed by atoms with Crippen LogP contribution < -0.4 is 4.50 Å². The molecule has 3 heteroatoms. The summed E-state index contributed by atoms with van der Waals surface area (Å²) in [7, 11) is 1.97. The molecule has 0 aliphatic carbocycles. The van der Waals surface area contributed by atoms with Crippen molar-refractivity contribution in [3.8, 4) is 0 Å². The Kier molecular flexibility index (Phi) is 1.22. The van der Waals surface area contributed by atoms with Gasteiger partial charge in [0.05, 0.1) is 0 Å². The van der Waals surface area contributed by atoms with E-state index >= 15 is 0 Å². The summed E-state index contributed by atoms with van der Waals surface area (Å²) in [5, 5.41) is 0. The molecule has 0 fully saturated rings. The van der Waals surface area contributed by atoms with Crippen LogP contribution >= 0.6 is 0 Å². The molecule has 0 radical (unpaired) electrons. The zero-order valence-electron chi connectivity index (χ0n) is 4.55. The second kappa shape index (κ2) is 1.73. The molecule has 0 aliphatic heterocycles. The van der Waals surface area contributed by atoms with Crippen molar-refractivity contribution in [3.05, 3.63) is 12.4 Å². The standard InChI is InChI=1S/C4H5N2.Li/c1-6-3-2-5-4-6;/h2-3H,1H3;. The summed E-state index contributed by atoms with van der Waals surface area (Å²) in [6, 6.07) is 0. The third-order valence-electron chi connectivity index (χ3n) is 1.06. The van der Waals surface area contributed by atoms with Gasteiger partial charge in [0.15, 0.2) is 0 Å². The van der Waals surface area contributed by atoms with Crippen molar-refractivity contribution in [2.75, 3.05) is 0 Å². The molecule has 0 atom stereocenters. The van der Waals surface area contributed by atoms with Gasteiger partial charge < -0.3 is 0 Å². The predicted octanol–water partition coefficient (Wildman–Crippen LogP) is -0.786. The van der Waals surface area contributed by atoms with E-state index in [0.29, 0.717) is 0 Å². The Labute approximate surface area is 51.8 Å². The number of hydrogen-bond donors (Lipinski definition) is 0. The average molecular weight is 88.0 g/mol. The van der Waals surface area contributed by atoms with Gasteiger partial charge in [-0.05, 0) is 0 Å². The Morgan fingerprint density at radius 1 is 1.86 bits per heavy atom. The second-order valence-corrected chi connectivity index (χ2v) is 1.59. The van der Waals surface area contributed by atoms with Gasteiger partial charge in [0.2, 0.25) is 0 Å². The molecule has 1 heterocycles. The zero-order chi connectivity index (χ0) is 5.28. The summed E-state index contributed by atoms with van der Waals surface area (Å²) in [6.07, 6.45) is 3.71. The average Bonchev–Trinajstić information content (AvgIpc) is 1.91. The van der Waals surface area contributed by atoms with Gasteiger partial charge in [0.25, 0.3) is 0 Å². The van der Waals surface area contributed by atoms with Crippen LogP contribution in [0.3, 0.4) is 0 Å². The summed E-state index contributed by atoms with van der Waals surface area (Å²) >= 11 is 1.97. The maximum atomic E-state index is 3.98. The summed E-state index contributed by atoms with van der Waals surface area (Å²) < 4.78 is 3.03. The molecule has 0 aromatic carbocycles. The zero-order valence-corrected chi connectivity index (χ0v) is 4.55. The monoisotopic (exact) mass is 88.1 g/mol. The molecule has 1 rings (SSSR count). The summed E-state index contributed by atoms with van der Waals surface area (Å²) in [4.78, 5) is 3.98. The molecule has 0 unspecified atom stereocenters. The van der Waals surface area contributed by atoms with E-state index in [9.17, 15) is 0 Å². The third-order valence-corrected chi connectivity index (χ3v) is 1.06. The van der Waals surface area contributed by atoms with Crippen LogP contribution in [-0.4, -0.2) is 27.3 Å². The number of nitrogens with zero attached hydrogens (tertiary/aromatic N) is 2. The first kappa shape index (κ1) is 4.95. The molecule has 1 aromatic heterocycles. The van der Waals surface area contributed by atoms with Crippen molar-refractivity contribution < 1.29 is 0 Å². The molecule has 0 saturated heterocycles. The molecular formula is C4H5LiN2. The van der Waals surface area contributed by atoms with Gasteiger partial charge in [-0.3, -0.25) is 0 Å². The number of aromatic nitrogens is 2. The molecule has 32 valence electrons. The SMILES string of the molecule is [Li][c]1nccn1C. The van der Waals surface area contributed by atoms with Crippen LogP contribution in [0.1, 0.15) is 0 Å². The van der Waals surface area contributed by atoms with Crippen molar-refractivity contribution in [3.63, 3.8) is 0 Å². The fourth-order valence-electron chi connectivity index (χ4n) is 0.440. The first-order valence-corrected chi connectivity index (χ1v) is 2.24. The van der Waals surface area contributed by atoms with Gasteiger partial charge in [0, 0.05) is 0 Å². The van der Waals surface area contributed by atoms with Crippen LogP contribution in [0, 0.1) is 0 Å². The fraction of sp³-hybridized carbons (Fsp3) is 0.250. The number of rotatable bonds is 0. The minimum absolute atomic E-state index is 1.06. The van der Waals surface area contributed by atoms with E-state index in [0.717, 1.165) is 4.50 Å². The van der Waals surface area contributed by atoms with Gasteiger partial charge >= 0.3 is 51.2 Å². The van der Waals surface area contributed by atoms with Crippen LogP contribution in [0.2, 0.25) is 0 Å². The molecular weight excluding hydrogens is 83.0 g/mol. The molecule has 0 bridgehead atoms. The van der Waals surface area contributed by atoms with Crippen LogP contribution in [0.5, 0.6) is 0 Å². The molecule has 0 spiro atoms. The van der Waals surface area contributed by atoms with Crippen molar-refractivity contribution in [2.45, 2.75) is 0 Å². The van der Waals surface area contributed by atoms with Gasteiger partial charge in [-0.2, -0.15) is 0 Å². The Hall–Kier alpha value is -0.193. The third kappa shape index (κ3) is 0.875. The minimum atomic E-state index is 1.06. The molecule has 0 N–H and O–H groups in total. The second-order valence-electron chi connectivity index (χ2n) is 1.59. The van der Waals surface area contributed by atoms with E-state index in [1.807, 2.05) is 35.5 Å². The van der Waals surface area contributed by atoms with Crippen molar-refractivity contribution in [2.24, 2.45) is 7.05 Å². The van der Waals surface area contributed by atoms with E-state index < -0.39 is 0 Å². The Morgan fingerprint density at radius 3 is 2.71 bits per heavy atom. The quantitative estimate of drug-likeness (QED) is 0.380. The molecule has 1 aromatic rings. The van der Waals surface area contributed by atoms with Gasteiger partial charge in [-0.1, -0.05) is 0 Å². The normalized spacial score (nSPS) is 9.57. The molecule has 0 amide bonds. The first-order valence-electron chi connectivity index (χ1n) is 2.24. The number of aryl methyl sites for hydroxylation is 1. The van der Waals surface area contributed by atoms with Crippen LogP contribution in [0.4, 0.5) is 0 Å². The van der Waals surface area contributed by atoms with Crippen molar-refractivity contribution in [1.82, 2.24) is 9.55 Å². The first-order chi connectivity index (χ1) is 3.30. The fourth-order valence-corrected chi connectivity index (χ4v) is 0.440. The molecule has 0 saturated carbocycles. The van der Waals surface area contributed by atoms with Gasteiger partial charge in [0.1, 0.15) is 0 Å². The van der Waals surface area contributed by atoms with Crippen molar-refractivity contribution >= 4 is 22.2 Å². The van der Waals surface area contributed by atoms with E-state index in [2.05, 4.69) is 4.98 Å². The molecule has 2 nitrogen and oxygen atoms in total. The topological polar surface area (TPSA) is 17.8 Å². The Morgan fingerprint density at radius 2 is 2.57 bits per heavy atom. The summed E-state index contributed by atoms with van der Waals surface area (Å²) in [6.45, 7) is 0. The Balaban J connectivity index is 3.12. The van der Waals surface area contributed by atoms with Gasteiger partial charge in [-0.25, -0.2) is 0 Å². The van der Waals surface area contributed by atoms with Crippen LogP contribution in [-0.2, 0) is 7.05 Å². The Bertz CT molecular complexity index is 142. The van der Waals surface area contributed by atoms with Crippen molar-refractivity contribution in [1.29, 1.82) is 0 Å². The molecule has 7 heavy (non-hydrogen) atoms. The predicted molar refractivity (Wildman–Crippen MR) is 28.6 cm³/mol. The van der Waals surface area contributed by atoms with Crippen LogP contribution in [0.15, 0.2) is 12.4 Å². The van der Waals surface area contributed by atoms with Gasteiger partial charge in [-0.15, -0.1) is 0 Å². The molecule has 0 aliphatic rings. The van der Waals surface area contributed by atoms with Crippen LogP contribution in [0.25, 0.3) is 0 Å².